The molecule has 0 fully saturated rings. The van der Waals surface area contributed by atoms with E-state index >= 15 is 0 Å². The van der Waals surface area contributed by atoms with Crippen LogP contribution in [0.5, 0.6) is 0 Å². The molecule has 0 aliphatic rings. The second kappa shape index (κ2) is 5.86. The number of hydrogen-bond acceptors (Lipinski definition) is 3. The van der Waals surface area contributed by atoms with Crippen molar-refractivity contribution >= 4 is 22.4 Å². The van der Waals surface area contributed by atoms with Crippen molar-refractivity contribution in [3.63, 3.8) is 0 Å². The summed E-state index contributed by atoms with van der Waals surface area (Å²) in [5.41, 5.74) is 2.00. The smallest absolute Gasteiger partial charge is 0.247 e. The molecule has 23 heavy (non-hydrogen) atoms. The van der Waals surface area contributed by atoms with Crippen molar-refractivity contribution in [2.75, 3.05) is 0 Å². The second-order valence-electron chi connectivity index (χ2n) is 5.33. The summed E-state index contributed by atoms with van der Waals surface area (Å²) in [4.78, 5) is 0. The van der Waals surface area contributed by atoms with E-state index in [2.05, 4.69) is 34.5 Å². The predicted octanol–water partition coefficient (Wildman–Crippen LogP) is 5.13. The summed E-state index contributed by atoms with van der Waals surface area (Å²) >= 11 is 6.01. The highest BCUT2D eigenvalue weighted by Crippen LogP contribution is 2.24. The lowest BCUT2D eigenvalue weighted by Gasteiger charge is -2.03. The number of hydrogen-bond donors (Lipinski definition) is 0. The van der Waals surface area contributed by atoms with Gasteiger partial charge >= 0.3 is 0 Å². The fourth-order valence-corrected chi connectivity index (χ4v) is 2.86. The predicted molar refractivity (Wildman–Crippen MR) is 91.5 cm³/mol. The van der Waals surface area contributed by atoms with Crippen molar-refractivity contribution in [2.45, 2.75) is 6.42 Å². The summed E-state index contributed by atoms with van der Waals surface area (Å²) < 4.78 is 5.80. The number of halogens is 1. The summed E-state index contributed by atoms with van der Waals surface area (Å²) in [5, 5.41) is 11.4. The first-order valence-corrected chi connectivity index (χ1v) is 7.72. The van der Waals surface area contributed by atoms with Gasteiger partial charge in [-0.05, 0) is 34.5 Å². The summed E-state index contributed by atoms with van der Waals surface area (Å²) in [5.74, 6) is 1.08. The Morgan fingerprint density at radius 2 is 1.70 bits per heavy atom. The minimum atomic E-state index is 0.489. The molecule has 0 atom stereocenters. The van der Waals surface area contributed by atoms with Crippen LogP contribution in [0.2, 0.25) is 5.02 Å². The highest BCUT2D eigenvalue weighted by Gasteiger charge is 2.11. The average molecular weight is 321 g/mol. The van der Waals surface area contributed by atoms with Gasteiger partial charge in [0.25, 0.3) is 0 Å². The third-order valence-electron chi connectivity index (χ3n) is 3.76. The Balaban J connectivity index is 1.67. The minimum Gasteiger partial charge on any atom is -0.420 e. The maximum absolute atomic E-state index is 6.01. The van der Waals surface area contributed by atoms with Crippen LogP contribution in [-0.4, -0.2) is 10.2 Å². The van der Waals surface area contributed by atoms with E-state index in [1.165, 1.54) is 16.3 Å². The van der Waals surface area contributed by atoms with E-state index in [-0.39, 0.29) is 0 Å². The molecule has 0 bridgehead atoms. The van der Waals surface area contributed by atoms with Crippen molar-refractivity contribution in [3.8, 4) is 11.5 Å². The molecule has 0 spiro atoms. The highest BCUT2D eigenvalue weighted by molar-refractivity contribution is 6.30. The molecule has 0 radical (unpaired) electrons. The molecule has 4 aromatic rings. The van der Waals surface area contributed by atoms with Gasteiger partial charge in [-0.25, -0.2) is 0 Å². The third kappa shape index (κ3) is 2.83. The number of nitrogens with zero attached hydrogens (tertiary/aromatic N) is 2. The van der Waals surface area contributed by atoms with Crippen molar-refractivity contribution in [3.05, 3.63) is 83.2 Å². The van der Waals surface area contributed by atoms with E-state index in [1.807, 2.05) is 42.5 Å². The zero-order valence-corrected chi connectivity index (χ0v) is 13.0. The molecule has 3 nitrogen and oxygen atoms in total. The van der Waals surface area contributed by atoms with E-state index in [0.29, 0.717) is 23.2 Å². The monoisotopic (exact) mass is 320 g/mol. The van der Waals surface area contributed by atoms with Gasteiger partial charge in [0, 0.05) is 10.6 Å². The SMILES string of the molecule is Clc1cccc(-c2nnc(Cc3cccc4ccccc34)o2)c1. The van der Waals surface area contributed by atoms with E-state index in [0.717, 1.165) is 5.56 Å². The van der Waals surface area contributed by atoms with Crippen molar-refractivity contribution in [1.29, 1.82) is 0 Å². The Kier molecular flexibility index (Phi) is 3.56. The van der Waals surface area contributed by atoms with Crippen LogP contribution in [-0.2, 0) is 6.42 Å². The minimum absolute atomic E-state index is 0.489. The quantitative estimate of drug-likeness (QED) is 0.525. The maximum Gasteiger partial charge on any atom is 0.247 e. The van der Waals surface area contributed by atoms with Gasteiger partial charge in [-0.1, -0.05) is 60.1 Å². The largest absolute Gasteiger partial charge is 0.420 e. The van der Waals surface area contributed by atoms with Gasteiger partial charge in [0.05, 0.1) is 6.42 Å². The lowest BCUT2D eigenvalue weighted by atomic mass is 10.0. The number of fused-ring (bicyclic) bond motifs is 1. The molecule has 1 heterocycles. The van der Waals surface area contributed by atoms with Crippen molar-refractivity contribution in [1.82, 2.24) is 10.2 Å². The zero-order valence-electron chi connectivity index (χ0n) is 12.2. The standard InChI is InChI=1S/C19H13ClN2O/c20-16-9-4-8-15(11-16)19-22-21-18(23-19)12-14-7-3-6-13-5-1-2-10-17(13)14/h1-11H,12H2. The van der Waals surface area contributed by atoms with Crippen LogP contribution in [0.3, 0.4) is 0 Å². The first-order valence-electron chi connectivity index (χ1n) is 7.34. The molecule has 4 rings (SSSR count). The zero-order chi connectivity index (χ0) is 15.6. The molecule has 0 unspecified atom stereocenters. The molecule has 0 N–H and O–H groups in total. The molecular formula is C19H13ClN2O. The summed E-state index contributed by atoms with van der Waals surface area (Å²) in [6, 6.07) is 21.9. The molecular weight excluding hydrogens is 308 g/mol. The summed E-state index contributed by atoms with van der Waals surface area (Å²) in [7, 11) is 0. The van der Waals surface area contributed by atoms with Gasteiger partial charge in [0.2, 0.25) is 11.8 Å². The fourth-order valence-electron chi connectivity index (χ4n) is 2.67. The summed E-state index contributed by atoms with van der Waals surface area (Å²) in [6.45, 7) is 0. The average Bonchev–Trinajstić information content (AvgIpc) is 3.04. The molecule has 4 heteroatoms. The highest BCUT2D eigenvalue weighted by atomic mass is 35.5. The number of rotatable bonds is 3. The van der Waals surface area contributed by atoms with Gasteiger partial charge in [-0.3, -0.25) is 0 Å². The van der Waals surface area contributed by atoms with E-state index in [9.17, 15) is 0 Å². The van der Waals surface area contributed by atoms with Crippen molar-refractivity contribution < 1.29 is 4.42 Å². The van der Waals surface area contributed by atoms with Crippen LogP contribution < -0.4 is 0 Å². The Hall–Kier alpha value is -2.65. The molecule has 0 saturated carbocycles. The Morgan fingerprint density at radius 1 is 0.870 bits per heavy atom. The second-order valence-corrected chi connectivity index (χ2v) is 5.76. The molecule has 0 aliphatic carbocycles. The van der Waals surface area contributed by atoms with Gasteiger partial charge < -0.3 is 4.42 Å². The fraction of sp³-hybridized carbons (Fsp3) is 0.0526. The molecule has 1 aromatic heterocycles. The van der Waals surface area contributed by atoms with Gasteiger partial charge in [-0.2, -0.15) is 0 Å². The number of benzene rings is 3. The van der Waals surface area contributed by atoms with Crippen LogP contribution in [0.25, 0.3) is 22.2 Å². The van der Waals surface area contributed by atoms with Crippen LogP contribution in [0.1, 0.15) is 11.5 Å². The van der Waals surface area contributed by atoms with Crippen LogP contribution >= 0.6 is 11.6 Å². The molecule has 112 valence electrons. The Morgan fingerprint density at radius 3 is 2.61 bits per heavy atom. The Bertz CT molecular complexity index is 972. The van der Waals surface area contributed by atoms with Gasteiger partial charge in [0.1, 0.15) is 0 Å². The van der Waals surface area contributed by atoms with Crippen LogP contribution in [0.4, 0.5) is 0 Å². The number of aromatic nitrogens is 2. The van der Waals surface area contributed by atoms with E-state index in [4.69, 9.17) is 16.0 Å². The van der Waals surface area contributed by atoms with Crippen LogP contribution in [0, 0.1) is 0 Å². The molecule has 0 aliphatic heterocycles. The van der Waals surface area contributed by atoms with E-state index in [1.54, 1.807) is 0 Å². The first-order chi connectivity index (χ1) is 11.3. The first kappa shape index (κ1) is 14.0. The third-order valence-corrected chi connectivity index (χ3v) is 4.00. The maximum atomic E-state index is 6.01. The molecule has 0 saturated heterocycles. The topological polar surface area (TPSA) is 38.9 Å². The lowest BCUT2D eigenvalue weighted by Crippen LogP contribution is -1.90. The molecule has 3 aromatic carbocycles. The molecule has 0 amide bonds. The Labute approximate surface area is 138 Å². The van der Waals surface area contributed by atoms with Crippen LogP contribution in [0.15, 0.2) is 71.1 Å². The van der Waals surface area contributed by atoms with Gasteiger partial charge in [-0.15, -0.1) is 10.2 Å². The van der Waals surface area contributed by atoms with Gasteiger partial charge in [0.15, 0.2) is 0 Å². The van der Waals surface area contributed by atoms with Crippen molar-refractivity contribution in [2.24, 2.45) is 0 Å². The lowest BCUT2D eigenvalue weighted by molar-refractivity contribution is 0.518. The van der Waals surface area contributed by atoms with E-state index < -0.39 is 0 Å². The normalized spacial score (nSPS) is 11.0. The summed E-state index contributed by atoms with van der Waals surface area (Å²) in [6.07, 6.45) is 0.606.